The fourth-order valence-electron chi connectivity index (χ4n) is 1.91. The van der Waals surface area contributed by atoms with Gasteiger partial charge in [0, 0.05) is 37.6 Å². The molecule has 0 bridgehead atoms. The van der Waals surface area contributed by atoms with E-state index in [2.05, 4.69) is 20.6 Å². The van der Waals surface area contributed by atoms with Crippen LogP contribution in [0.5, 0.6) is 0 Å². The van der Waals surface area contributed by atoms with Crippen LogP contribution in [0.3, 0.4) is 0 Å². The Bertz CT molecular complexity index is 619. The van der Waals surface area contributed by atoms with Crippen molar-refractivity contribution in [3.05, 3.63) is 47.0 Å². The molecule has 0 aliphatic heterocycles. The molecule has 0 radical (unpaired) electrons. The number of rotatable bonds is 5. The van der Waals surface area contributed by atoms with Gasteiger partial charge in [-0.05, 0) is 18.6 Å². The number of hydrogen-bond donors (Lipinski definition) is 3. The van der Waals surface area contributed by atoms with Crippen molar-refractivity contribution in [3.8, 4) is 0 Å². The van der Waals surface area contributed by atoms with Gasteiger partial charge in [0.05, 0.1) is 6.20 Å². The molecule has 106 valence electrons. The Morgan fingerprint density at radius 3 is 2.85 bits per heavy atom. The van der Waals surface area contributed by atoms with Crippen molar-refractivity contribution < 1.29 is 5.21 Å². The van der Waals surface area contributed by atoms with Gasteiger partial charge in [0.25, 0.3) is 0 Å². The number of nitrogens with two attached hydrogens (primary N) is 1. The third kappa shape index (κ3) is 2.94. The van der Waals surface area contributed by atoms with Crippen LogP contribution >= 0.6 is 0 Å². The molecule has 2 aromatic heterocycles. The molecule has 0 aromatic carbocycles. The van der Waals surface area contributed by atoms with Gasteiger partial charge in [-0.25, -0.2) is 0 Å². The summed E-state index contributed by atoms with van der Waals surface area (Å²) in [5.74, 6) is 0.0139. The molecule has 0 fully saturated rings. The van der Waals surface area contributed by atoms with E-state index in [0.717, 1.165) is 16.8 Å². The molecule has 0 unspecified atom stereocenters. The Hall–Kier alpha value is -2.41. The van der Waals surface area contributed by atoms with E-state index in [1.165, 1.54) is 0 Å². The Morgan fingerprint density at radius 2 is 2.20 bits per heavy atom. The number of nitrogens with zero attached hydrogens (tertiary/aromatic N) is 4. The van der Waals surface area contributed by atoms with Crippen LogP contribution in [0, 0.1) is 6.92 Å². The minimum absolute atomic E-state index is 0.0139. The fraction of sp³-hybridized carbons (Fsp3) is 0.308. The lowest BCUT2D eigenvalue weighted by molar-refractivity contribution is 0.318. The maximum Gasteiger partial charge on any atom is 0.189 e. The van der Waals surface area contributed by atoms with E-state index >= 15 is 0 Å². The quantitative estimate of drug-likeness (QED) is 0.319. The first-order valence-electron chi connectivity index (χ1n) is 6.23. The number of hydrogen-bond acceptors (Lipinski definition) is 5. The largest absolute Gasteiger partial charge is 0.409 e. The van der Waals surface area contributed by atoms with E-state index in [4.69, 9.17) is 10.9 Å². The van der Waals surface area contributed by atoms with Gasteiger partial charge >= 0.3 is 0 Å². The lowest BCUT2D eigenvalue weighted by Gasteiger charge is -2.08. The summed E-state index contributed by atoms with van der Waals surface area (Å²) >= 11 is 0. The van der Waals surface area contributed by atoms with Gasteiger partial charge in [0.15, 0.2) is 5.84 Å². The van der Waals surface area contributed by atoms with Gasteiger partial charge in [0.1, 0.15) is 5.69 Å². The highest BCUT2D eigenvalue weighted by atomic mass is 16.4. The highest BCUT2D eigenvalue weighted by molar-refractivity contribution is 5.96. The highest BCUT2D eigenvalue weighted by Crippen LogP contribution is 2.08. The zero-order valence-electron chi connectivity index (χ0n) is 11.5. The zero-order valence-corrected chi connectivity index (χ0v) is 11.5. The second kappa shape index (κ2) is 6.16. The molecule has 2 heterocycles. The Balaban J connectivity index is 2.03. The van der Waals surface area contributed by atoms with E-state index in [0.29, 0.717) is 18.8 Å². The third-order valence-electron chi connectivity index (χ3n) is 3.21. The minimum Gasteiger partial charge on any atom is -0.409 e. The van der Waals surface area contributed by atoms with Crippen molar-refractivity contribution in [3.63, 3.8) is 0 Å². The lowest BCUT2D eigenvalue weighted by Crippen LogP contribution is -2.21. The first kappa shape index (κ1) is 14.0. The molecule has 0 saturated heterocycles. The van der Waals surface area contributed by atoms with Gasteiger partial charge in [-0.3, -0.25) is 9.67 Å². The maximum atomic E-state index is 8.75. The second-order valence-electron chi connectivity index (χ2n) is 4.48. The van der Waals surface area contributed by atoms with Crippen LogP contribution in [0.25, 0.3) is 0 Å². The lowest BCUT2D eigenvalue weighted by atomic mass is 10.1. The van der Waals surface area contributed by atoms with Crippen LogP contribution in [-0.2, 0) is 20.1 Å². The molecular formula is C13H18N6O. The summed E-state index contributed by atoms with van der Waals surface area (Å²) < 4.78 is 1.84. The van der Waals surface area contributed by atoms with E-state index in [1.54, 1.807) is 6.20 Å². The average molecular weight is 274 g/mol. The second-order valence-corrected chi connectivity index (χ2v) is 4.48. The summed E-state index contributed by atoms with van der Waals surface area (Å²) in [5, 5.41) is 19.2. The SMILES string of the molecule is Cc1c(CNCc2cccnc2/C(N)=N/O)cnn1C. The Labute approximate surface area is 117 Å². The number of amidine groups is 1. The molecule has 0 saturated carbocycles. The van der Waals surface area contributed by atoms with Crippen molar-refractivity contribution in [2.24, 2.45) is 17.9 Å². The minimum atomic E-state index is 0.0139. The summed E-state index contributed by atoms with van der Waals surface area (Å²) in [5.41, 5.74) is 9.24. The Kier molecular flexibility index (Phi) is 4.31. The van der Waals surface area contributed by atoms with Crippen molar-refractivity contribution in [2.75, 3.05) is 0 Å². The standard InChI is InChI=1S/C13H18N6O/c1-9-11(8-17-19(9)2)7-15-6-10-4-3-5-16-12(10)13(14)18-20/h3-5,8,15,20H,6-7H2,1-2H3,(H2,14,18). The number of aromatic nitrogens is 3. The first-order chi connectivity index (χ1) is 9.63. The van der Waals surface area contributed by atoms with Crippen LogP contribution in [0.2, 0.25) is 0 Å². The molecule has 0 spiro atoms. The van der Waals surface area contributed by atoms with Gasteiger partial charge in [-0.2, -0.15) is 5.10 Å². The molecule has 2 aromatic rings. The van der Waals surface area contributed by atoms with Crippen LogP contribution < -0.4 is 11.1 Å². The summed E-state index contributed by atoms with van der Waals surface area (Å²) in [7, 11) is 1.91. The summed E-state index contributed by atoms with van der Waals surface area (Å²) in [6.07, 6.45) is 3.46. The molecule has 7 heteroatoms. The van der Waals surface area contributed by atoms with Crippen molar-refractivity contribution in [1.82, 2.24) is 20.1 Å². The van der Waals surface area contributed by atoms with Crippen LogP contribution in [0.4, 0.5) is 0 Å². The normalized spacial score (nSPS) is 11.8. The monoisotopic (exact) mass is 274 g/mol. The molecular weight excluding hydrogens is 256 g/mol. The van der Waals surface area contributed by atoms with Gasteiger partial charge < -0.3 is 16.3 Å². The molecule has 0 aliphatic carbocycles. The predicted octanol–water partition coefficient (Wildman–Crippen LogP) is 0.508. The van der Waals surface area contributed by atoms with Gasteiger partial charge in [-0.15, -0.1) is 0 Å². The summed E-state index contributed by atoms with van der Waals surface area (Å²) in [4.78, 5) is 4.12. The van der Waals surface area contributed by atoms with E-state index < -0.39 is 0 Å². The first-order valence-corrected chi connectivity index (χ1v) is 6.23. The average Bonchev–Trinajstić information content (AvgIpc) is 2.79. The van der Waals surface area contributed by atoms with Crippen molar-refractivity contribution >= 4 is 5.84 Å². The van der Waals surface area contributed by atoms with Gasteiger partial charge in [0.2, 0.25) is 0 Å². The topological polar surface area (TPSA) is 101 Å². The van der Waals surface area contributed by atoms with Crippen molar-refractivity contribution in [1.29, 1.82) is 0 Å². The number of aryl methyl sites for hydroxylation is 1. The van der Waals surface area contributed by atoms with Crippen LogP contribution in [0.1, 0.15) is 22.5 Å². The molecule has 0 atom stereocenters. The van der Waals surface area contributed by atoms with E-state index in [9.17, 15) is 0 Å². The maximum absolute atomic E-state index is 8.75. The molecule has 2 rings (SSSR count). The van der Waals surface area contributed by atoms with Crippen LogP contribution in [-0.4, -0.2) is 25.8 Å². The zero-order chi connectivity index (χ0) is 14.5. The number of nitrogens with one attached hydrogen (secondary N) is 1. The summed E-state index contributed by atoms with van der Waals surface area (Å²) in [6.45, 7) is 3.30. The molecule has 20 heavy (non-hydrogen) atoms. The highest BCUT2D eigenvalue weighted by Gasteiger charge is 2.08. The van der Waals surface area contributed by atoms with Crippen LogP contribution in [0.15, 0.2) is 29.7 Å². The molecule has 4 N–H and O–H groups in total. The predicted molar refractivity (Wildman–Crippen MR) is 75.2 cm³/mol. The fourth-order valence-corrected chi connectivity index (χ4v) is 1.91. The van der Waals surface area contributed by atoms with E-state index in [1.807, 2.05) is 37.0 Å². The number of pyridine rings is 1. The Morgan fingerprint density at radius 1 is 1.45 bits per heavy atom. The summed E-state index contributed by atoms with van der Waals surface area (Å²) in [6, 6.07) is 3.71. The number of oxime groups is 1. The molecule has 0 amide bonds. The van der Waals surface area contributed by atoms with Crippen molar-refractivity contribution in [2.45, 2.75) is 20.0 Å². The van der Waals surface area contributed by atoms with E-state index in [-0.39, 0.29) is 5.84 Å². The molecule has 7 nitrogen and oxygen atoms in total. The third-order valence-corrected chi connectivity index (χ3v) is 3.21. The van der Waals surface area contributed by atoms with Gasteiger partial charge in [-0.1, -0.05) is 11.2 Å². The molecule has 0 aliphatic rings. The smallest absolute Gasteiger partial charge is 0.189 e.